The minimum absolute atomic E-state index is 0.385. The van der Waals surface area contributed by atoms with Gasteiger partial charge in [-0.3, -0.25) is 0 Å². The van der Waals surface area contributed by atoms with Gasteiger partial charge in [-0.15, -0.1) is 0 Å². The number of hydrogen-bond donors (Lipinski definition) is 1. The summed E-state index contributed by atoms with van der Waals surface area (Å²) in [4.78, 5) is 0. The maximum absolute atomic E-state index is 5.77. The Labute approximate surface area is 119 Å². The lowest BCUT2D eigenvalue weighted by atomic mass is 9.76. The minimum Gasteiger partial charge on any atom is -0.453 e. The molecular formula is C15H24BrNO. The third kappa shape index (κ3) is 3.39. The largest absolute Gasteiger partial charge is 0.453 e. The van der Waals surface area contributed by atoms with Gasteiger partial charge in [-0.05, 0) is 59.3 Å². The molecule has 1 aliphatic carbocycles. The smallest absolute Gasteiger partial charge is 0.169 e. The molecular weight excluding hydrogens is 290 g/mol. The van der Waals surface area contributed by atoms with Crippen LogP contribution in [0.1, 0.15) is 57.8 Å². The SMILES string of the molecule is CCNC(c1ccc(Br)o1)C1CCCC(CC)C1. The maximum atomic E-state index is 5.77. The van der Waals surface area contributed by atoms with Crippen LogP contribution in [0.15, 0.2) is 21.2 Å². The van der Waals surface area contributed by atoms with E-state index in [0.29, 0.717) is 6.04 Å². The third-order valence-electron chi connectivity index (χ3n) is 4.20. The number of nitrogens with one attached hydrogen (secondary N) is 1. The van der Waals surface area contributed by atoms with Crippen LogP contribution in [0.2, 0.25) is 0 Å². The summed E-state index contributed by atoms with van der Waals surface area (Å²) in [6.07, 6.45) is 6.76. The second-order valence-corrected chi connectivity index (χ2v) is 6.16. The Morgan fingerprint density at radius 3 is 2.83 bits per heavy atom. The highest BCUT2D eigenvalue weighted by atomic mass is 79.9. The van der Waals surface area contributed by atoms with Gasteiger partial charge in [0, 0.05) is 0 Å². The molecule has 2 rings (SSSR count). The lowest BCUT2D eigenvalue weighted by Crippen LogP contribution is -2.31. The van der Waals surface area contributed by atoms with Crippen molar-refractivity contribution >= 4 is 15.9 Å². The van der Waals surface area contributed by atoms with Gasteiger partial charge in [0.1, 0.15) is 5.76 Å². The van der Waals surface area contributed by atoms with Crippen LogP contribution < -0.4 is 5.32 Å². The van der Waals surface area contributed by atoms with Crippen molar-refractivity contribution in [1.82, 2.24) is 5.32 Å². The van der Waals surface area contributed by atoms with E-state index in [0.717, 1.165) is 28.8 Å². The van der Waals surface area contributed by atoms with E-state index < -0.39 is 0 Å². The Morgan fingerprint density at radius 1 is 1.39 bits per heavy atom. The van der Waals surface area contributed by atoms with Crippen molar-refractivity contribution in [3.8, 4) is 0 Å². The normalized spacial score (nSPS) is 26.2. The van der Waals surface area contributed by atoms with Crippen molar-refractivity contribution in [3.63, 3.8) is 0 Å². The predicted molar refractivity (Wildman–Crippen MR) is 78.6 cm³/mol. The zero-order valence-electron chi connectivity index (χ0n) is 11.4. The first-order chi connectivity index (χ1) is 8.74. The fourth-order valence-electron chi connectivity index (χ4n) is 3.22. The van der Waals surface area contributed by atoms with Crippen LogP contribution in [-0.4, -0.2) is 6.54 Å². The van der Waals surface area contributed by atoms with E-state index in [1.807, 2.05) is 6.07 Å². The van der Waals surface area contributed by atoms with Gasteiger partial charge in [-0.2, -0.15) is 0 Å². The fourth-order valence-corrected chi connectivity index (χ4v) is 3.54. The summed E-state index contributed by atoms with van der Waals surface area (Å²) in [6, 6.07) is 4.49. The molecule has 102 valence electrons. The molecule has 1 aliphatic rings. The van der Waals surface area contributed by atoms with Crippen molar-refractivity contribution in [2.24, 2.45) is 11.8 Å². The van der Waals surface area contributed by atoms with Crippen LogP contribution >= 0.6 is 15.9 Å². The van der Waals surface area contributed by atoms with Crippen LogP contribution in [0.5, 0.6) is 0 Å². The molecule has 1 fully saturated rings. The molecule has 3 atom stereocenters. The molecule has 0 saturated heterocycles. The van der Waals surface area contributed by atoms with Crippen LogP contribution in [0.4, 0.5) is 0 Å². The number of rotatable bonds is 5. The first-order valence-electron chi connectivity index (χ1n) is 7.23. The molecule has 0 aromatic carbocycles. The van der Waals surface area contributed by atoms with Crippen LogP contribution in [-0.2, 0) is 0 Å². The zero-order chi connectivity index (χ0) is 13.0. The van der Waals surface area contributed by atoms with Crippen molar-refractivity contribution in [2.75, 3.05) is 6.54 Å². The average Bonchev–Trinajstić information content (AvgIpc) is 2.82. The molecule has 2 nitrogen and oxygen atoms in total. The predicted octanol–water partition coefficient (Wildman–Crippen LogP) is 4.91. The Kier molecular flexibility index (Phi) is 5.31. The molecule has 1 N–H and O–H groups in total. The molecule has 1 aromatic heterocycles. The molecule has 0 aliphatic heterocycles. The molecule has 3 unspecified atom stereocenters. The van der Waals surface area contributed by atoms with E-state index in [1.165, 1.54) is 32.1 Å². The second-order valence-electron chi connectivity index (χ2n) is 5.38. The quantitative estimate of drug-likeness (QED) is 0.835. The standard InChI is InChI=1S/C15H24BrNO/c1-3-11-6-5-7-12(10-11)15(17-4-2)13-8-9-14(16)18-13/h8-9,11-12,15,17H,3-7,10H2,1-2H3. The zero-order valence-corrected chi connectivity index (χ0v) is 13.0. The van der Waals surface area contributed by atoms with Crippen LogP contribution in [0.3, 0.4) is 0 Å². The van der Waals surface area contributed by atoms with Gasteiger partial charge >= 0.3 is 0 Å². The van der Waals surface area contributed by atoms with Crippen LogP contribution in [0.25, 0.3) is 0 Å². The maximum Gasteiger partial charge on any atom is 0.169 e. The Hall–Kier alpha value is -0.280. The number of hydrogen-bond acceptors (Lipinski definition) is 2. The molecule has 1 aromatic rings. The van der Waals surface area contributed by atoms with Gasteiger partial charge in [0.05, 0.1) is 6.04 Å². The van der Waals surface area contributed by atoms with E-state index >= 15 is 0 Å². The van der Waals surface area contributed by atoms with Crippen LogP contribution in [0, 0.1) is 11.8 Å². The molecule has 1 saturated carbocycles. The molecule has 0 bridgehead atoms. The monoisotopic (exact) mass is 313 g/mol. The fraction of sp³-hybridized carbons (Fsp3) is 0.733. The van der Waals surface area contributed by atoms with E-state index in [2.05, 4.69) is 41.2 Å². The molecule has 3 heteroatoms. The summed E-state index contributed by atoms with van der Waals surface area (Å²) in [5.74, 6) is 2.72. The van der Waals surface area contributed by atoms with Crippen molar-refractivity contribution < 1.29 is 4.42 Å². The summed E-state index contributed by atoms with van der Waals surface area (Å²) in [6.45, 7) is 5.49. The minimum atomic E-state index is 0.385. The first-order valence-corrected chi connectivity index (χ1v) is 8.02. The summed E-state index contributed by atoms with van der Waals surface area (Å²) < 4.78 is 6.61. The van der Waals surface area contributed by atoms with Gasteiger partial charge in [0.2, 0.25) is 0 Å². The van der Waals surface area contributed by atoms with E-state index in [9.17, 15) is 0 Å². The van der Waals surface area contributed by atoms with E-state index in [4.69, 9.17) is 4.42 Å². The van der Waals surface area contributed by atoms with Gasteiger partial charge in [-0.25, -0.2) is 0 Å². The Morgan fingerprint density at radius 2 is 2.22 bits per heavy atom. The van der Waals surface area contributed by atoms with Crippen molar-refractivity contribution in [2.45, 2.75) is 52.0 Å². The summed E-state index contributed by atoms with van der Waals surface area (Å²) in [5, 5.41) is 3.61. The van der Waals surface area contributed by atoms with E-state index in [-0.39, 0.29) is 0 Å². The summed E-state index contributed by atoms with van der Waals surface area (Å²) >= 11 is 3.41. The molecule has 1 heterocycles. The topological polar surface area (TPSA) is 25.2 Å². The Balaban J connectivity index is 2.09. The summed E-state index contributed by atoms with van der Waals surface area (Å²) in [7, 11) is 0. The third-order valence-corrected chi connectivity index (χ3v) is 4.62. The lowest BCUT2D eigenvalue weighted by molar-refractivity contribution is 0.194. The molecule has 0 spiro atoms. The lowest BCUT2D eigenvalue weighted by Gasteiger charge is -2.33. The second kappa shape index (κ2) is 6.76. The van der Waals surface area contributed by atoms with Gasteiger partial charge in [0.25, 0.3) is 0 Å². The average molecular weight is 314 g/mol. The van der Waals surface area contributed by atoms with Gasteiger partial charge in [-0.1, -0.05) is 33.1 Å². The van der Waals surface area contributed by atoms with Gasteiger partial charge in [0.15, 0.2) is 4.67 Å². The van der Waals surface area contributed by atoms with E-state index in [1.54, 1.807) is 0 Å². The summed E-state index contributed by atoms with van der Waals surface area (Å²) in [5.41, 5.74) is 0. The number of halogens is 1. The number of furan rings is 1. The molecule has 0 amide bonds. The first kappa shape index (κ1) is 14.1. The highest BCUT2D eigenvalue weighted by Gasteiger charge is 2.30. The van der Waals surface area contributed by atoms with Crippen molar-refractivity contribution in [3.05, 3.63) is 22.6 Å². The van der Waals surface area contributed by atoms with Crippen molar-refractivity contribution in [1.29, 1.82) is 0 Å². The highest BCUT2D eigenvalue weighted by molar-refractivity contribution is 9.10. The molecule has 18 heavy (non-hydrogen) atoms. The van der Waals surface area contributed by atoms with Gasteiger partial charge < -0.3 is 9.73 Å². The molecule has 0 radical (unpaired) electrons. The Bertz CT molecular complexity index is 363. The highest BCUT2D eigenvalue weighted by Crippen LogP contribution is 2.39.